The molecular weight excluding hydrogens is 404 g/mol. The number of benzene rings is 2. The molecule has 8 nitrogen and oxygen atoms in total. The van der Waals surface area contributed by atoms with Crippen molar-refractivity contribution in [3.8, 4) is 11.4 Å². The molecule has 2 aromatic carbocycles. The van der Waals surface area contributed by atoms with E-state index >= 15 is 0 Å². The van der Waals surface area contributed by atoms with E-state index in [4.69, 9.17) is 4.98 Å². The van der Waals surface area contributed by atoms with Gasteiger partial charge in [-0.05, 0) is 18.2 Å². The van der Waals surface area contributed by atoms with Crippen LogP contribution in [0.15, 0.2) is 77.9 Å². The Hall–Kier alpha value is -4.07. The molecule has 32 heavy (non-hydrogen) atoms. The molecule has 0 N–H and O–H groups in total. The van der Waals surface area contributed by atoms with Crippen LogP contribution in [-0.2, 0) is 11.3 Å². The highest BCUT2D eigenvalue weighted by atomic mass is 16.2. The van der Waals surface area contributed by atoms with Crippen molar-refractivity contribution >= 4 is 22.6 Å². The SMILES string of the molecule is O=C(Cn1ncc(=O)c2ccccc21)N1CCN(c2ccnc(-c3ccccc3)n2)CC1. The average molecular weight is 426 g/mol. The molecule has 1 aliphatic heterocycles. The van der Waals surface area contributed by atoms with Crippen LogP contribution in [-0.4, -0.2) is 56.7 Å². The fraction of sp³-hybridized carbons (Fsp3) is 0.208. The molecule has 0 aliphatic carbocycles. The highest BCUT2D eigenvalue weighted by Gasteiger charge is 2.23. The van der Waals surface area contributed by atoms with Crippen molar-refractivity contribution in [2.45, 2.75) is 6.54 Å². The Morgan fingerprint density at radius 2 is 1.66 bits per heavy atom. The van der Waals surface area contributed by atoms with Crippen LogP contribution in [0.1, 0.15) is 0 Å². The van der Waals surface area contributed by atoms with Crippen molar-refractivity contribution in [2.24, 2.45) is 0 Å². The minimum Gasteiger partial charge on any atom is -0.353 e. The summed E-state index contributed by atoms with van der Waals surface area (Å²) in [5.74, 6) is 1.54. The highest BCUT2D eigenvalue weighted by molar-refractivity contribution is 5.81. The van der Waals surface area contributed by atoms with Crippen molar-refractivity contribution in [3.63, 3.8) is 0 Å². The summed E-state index contributed by atoms with van der Waals surface area (Å²) >= 11 is 0. The molecule has 3 heterocycles. The molecule has 0 atom stereocenters. The molecule has 1 fully saturated rings. The summed E-state index contributed by atoms with van der Waals surface area (Å²) in [4.78, 5) is 38.1. The number of piperazine rings is 1. The van der Waals surface area contributed by atoms with Gasteiger partial charge in [0, 0.05) is 43.3 Å². The van der Waals surface area contributed by atoms with E-state index in [-0.39, 0.29) is 17.9 Å². The highest BCUT2D eigenvalue weighted by Crippen LogP contribution is 2.19. The maximum Gasteiger partial charge on any atom is 0.244 e. The zero-order valence-corrected chi connectivity index (χ0v) is 17.5. The quantitative estimate of drug-likeness (QED) is 0.498. The predicted molar refractivity (Wildman–Crippen MR) is 122 cm³/mol. The molecule has 1 amide bonds. The largest absolute Gasteiger partial charge is 0.353 e. The Morgan fingerprint density at radius 3 is 2.47 bits per heavy atom. The Kier molecular flexibility index (Phi) is 5.33. The topological polar surface area (TPSA) is 84.2 Å². The monoisotopic (exact) mass is 426 g/mol. The molecule has 1 saturated heterocycles. The van der Waals surface area contributed by atoms with Crippen LogP contribution in [0.3, 0.4) is 0 Å². The predicted octanol–water partition coefficient (Wildman–Crippen LogP) is 2.20. The van der Waals surface area contributed by atoms with Gasteiger partial charge in [0.25, 0.3) is 0 Å². The first-order valence-corrected chi connectivity index (χ1v) is 10.5. The molecule has 0 bridgehead atoms. The average Bonchev–Trinajstić information content (AvgIpc) is 2.86. The van der Waals surface area contributed by atoms with E-state index in [1.54, 1.807) is 16.9 Å². The van der Waals surface area contributed by atoms with Crippen molar-refractivity contribution in [1.29, 1.82) is 0 Å². The maximum absolute atomic E-state index is 12.9. The number of hydrogen-bond donors (Lipinski definition) is 0. The number of aromatic nitrogens is 4. The van der Waals surface area contributed by atoms with Crippen LogP contribution in [0.5, 0.6) is 0 Å². The molecule has 0 spiro atoms. The van der Waals surface area contributed by atoms with Crippen molar-refractivity contribution in [2.75, 3.05) is 31.1 Å². The van der Waals surface area contributed by atoms with Crippen LogP contribution in [0.2, 0.25) is 0 Å². The number of nitrogens with zero attached hydrogens (tertiary/aromatic N) is 6. The van der Waals surface area contributed by atoms with E-state index in [1.165, 1.54) is 6.20 Å². The van der Waals surface area contributed by atoms with Gasteiger partial charge in [0.1, 0.15) is 12.4 Å². The molecule has 8 heteroatoms. The smallest absolute Gasteiger partial charge is 0.244 e. The van der Waals surface area contributed by atoms with Crippen LogP contribution in [0.4, 0.5) is 5.82 Å². The van der Waals surface area contributed by atoms with Crippen LogP contribution in [0, 0.1) is 0 Å². The van der Waals surface area contributed by atoms with Crippen LogP contribution < -0.4 is 10.3 Å². The Morgan fingerprint density at radius 1 is 0.906 bits per heavy atom. The van der Waals surface area contributed by atoms with E-state index in [9.17, 15) is 9.59 Å². The number of anilines is 1. The lowest BCUT2D eigenvalue weighted by molar-refractivity contribution is -0.132. The molecule has 4 aromatic rings. The second kappa shape index (κ2) is 8.58. The van der Waals surface area contributed by atoms with E-state index in [0.29, 0.717) is 42.9 Å². The number of carbonyl (C=O) groups excluding carboxylic acids is 1. The van der Waals surface area contributed by atoms with Crippen molar-refractivity contribution in [3.05, 3.63) is 83.3 Å². The lowest BCUT2D eigenvalue weighted by Gasteiger charge is -2.35. The first kappa shape index (κ1) is 19.9. The molecular formula is C24H22N6O2. The molecule has 0 radical (unpaired) electrons. The maximum atomic E-state index is 12.9. The van der Waals surface area contributed by atoms with Crippen molar-refractivity contribution < 1.29 is 4.79 Å². The van der Waals surface area contributed by atoms with Gasteiger partial charge in [-0.2, -0.15) is 5.10 Å². The minimum atomic E-state index is -0.141. The molecule has 5 rings (SSSR count). The molecule has 160 valence electrons. The van der Waals surface area contributed by atoms with Gasteiger partial charge in [0.2, 0.25) is 11.3 Å². The first-order chi connectivity index (χ1) is 15.7. The standard InChI is InChI=1S/C24H22N6O2/c31-21-16-26-30(20-9-5-4-8-19(20)21)17-23(32)29-14-12-28(13-15-29)22-10-11-25-24(27-22)18-6-2-1-3-7-18/h1-11,16H,12-15,17H2. The van der Waals surface area contributed by atoms with Gasteiger partial charge in [-0.15, -0.1) is 0 Å². The van der Waals surface area contributed by atoms with Crippen molar-refractivity contribution in [1.82, 2.24) is 24.6 Å². The van der Waals surface area contributed by atoms with Gasteiger partial charge in [-0.1, -0.05) is 42.5 Å². The lowest BCUT2D eigenvalue weighted by Crippen LogP contribution is -2.50. The third kappa shape index (κ3) is 3.94. The zero-order chi connectivity index (χ0) is 21.9. The second-order valence-electron chi connectivity index (χ2n) is 7.66. The first-order valence-electron chi connectivity index (χ1n) is 10.5. The fourth-order valence-electron chi connectivity index (χ4n) is 3.95. The zero-order valence-electron chi connectivity index (χ0n) is 17.5. The normalized spacial score (nSPS) is 14.0. The Labute approximate surface area is 184 Å². The number of amides is 1. The van der Waals surface area contributed by atoms with Crippen LogP contribution in [0.25, 0.3) is 22.3 Å². The van der Waals surface area contributed by atoms with E-state index in [1.807, 2.05) is 59.5 Å². The summed E-state index contributed by atoms with van der Waals surface area (Å²) in [7, 11) is 0. The van der Waals surface area contributed by atoms with Crippen LogP contribution >= 0.6 is 0 Å². The minimum absolute atomic E-state index is 0.0152. The van der Waals surface area contributed by atoms with Gasteiger partial charge >= 0.3 is 0 Å². The van der Waals surface area contributed by atoms with Gasteiger partial charge in [-0.25, -0.2) is 9.97 Å². The summed E-state index contributed by atoms with van der Waals surface area (Å²) in [6.45, 7) is 2.68. The third-order valence-corrected chi connectivity index (χ3v) is 5.68. The second-order valence-corrected chi connectivity index (χ2v) is 7.66. The number of hydrogen-bond acceptors (Lipinski definition) is 6. The van der Waals surface area contributed by atoms with Gasteiger partial charge < -0.3 is 9.80 Å². The summed E-state index contributed by atoms with van der Waals surface area (Å²) in [6, 6.07) is 19.0. The summed E-state index contributed by atoms with van der Waals surface area (Å²) < 4.78 is 1.60. The van der Waals surface area contributed by atoms with Gasteiger partial charge in [-0.3, -0.25) is 14.3 Å². The molecule has 1 aliphatic rings. The number of rotatable bonds is 4. The molecule has 0 unspecified atom stereocenters. The number of para-hydroxylation sites is 1. The van der Waals surface area contributed by atoms with E-state index in [0.717, 1.165) is 11.4 Å². The number of carbonyl (C=O) groups is 1. The van der Waals surface area contributed by atoms with Gasteiger partial charge in [0.05, 0.1) is 11.7 Å². The summed E-state index contributed by atoms with van der Waals surface area (Å²) in [6.07, 6.45) is 3.04. The summed E-state index contributed by atoms with van der Waals surface area (Å²) in [5, 5.41) is 4.74. The lowest BCUT2D eigenvalue weighted by atomic mass is 10.2. The Bertz CT molecular complexity index is 1310. The number of fused-ring (bicyclic) bond motifs is 1. The van der Waals surface area contributed by atoms with E-state index < -0.39 is 0 Å². The summed E-state index contributed by atoms with van der Waals surface area (Å²) in [5.41, 5.74) is 1.50. The molecule has 2 aromatic heterocycles. The third-order valence-electron chi connectivity index (χ3n) is 5.68. The fourth-order valence-corrected chi connectivity index (χ4v) is 3.95. The van der Waals surface area contributed by atoms with E-state index in [2.05, 4.69) is 15.0 Å². The molecule has 0 saturated carbocycles. The van der Waals surface area contributed by atoms with Gasteiger partial charge in [0.15, 0.2) is 5.82 Å². The Balaban J connectivity index is 1.26.